The summed E-state index contributed by atoms with van der Waals surface area (Å²) in [4.78, 5) is 22.4. The second-order valence-electron chi connectivity index (χ2n) is 3.24. The third-order valence-corrected chi connectivity index (χ3v) is 3.10. The number of fused-ring (bicyclic) bond motifs is 1. The zero-order valence-corrected chi connectivity index (χ0v) is 9.28. The molecule has 0 aliphatic heterocycles. The summed E-state index contributed by atoms with van der Waals surface area (Å²) in [6.07, 6.45) is 0. The first-order valence-corrected chi connectivity index (χ1v) is 5.50. The maximum Gasteiger partial charge on any atom is 0.419 e. The lowest BCUT2D eigenvalue weighted by atomic mass is 10.3. The van der Waals surface area contributed by atoms with E-state index in [0.29, 0.717) is 11.1 Å². The van der Waals surface area contributed by atoms with Crippen LogP contribution in [0.25, 0.3) is 11.1 Å². The van der Waals surface area contributed by atoms with Crippen LogP contribution in [0.2, 0.25) is 0 Å². The zero-order valence-electron chi connectivity index (χ0n) is 8.47. The minimum Gasteiger partial charge on any atom is -0.481 e. The Kier molecular flexibility index (Phi) is 2.74. The van der Waals surface area contributed by atoms with Crippen molar-refractivity contribution in [2.75, 3.05) is 5.75 Å². The highest BCUT2D eigenvalue weighted by Gasteiger charge is 2.07. The highest BCUT2D eigenvalue weighted by atomic mass is 32.2. The molecule has 5 nitrogen and oxygen atoms in total. The predicted octanol–water partition coefficient (Wildman–Crippen LogP) is 1.31. The summed E-state index contributed by atoms with van der Waals surface area (Å²) in [6, 6.07) is 5.15. The Bertz CT molecular complexity index is 598. The predicted molar refractivity (Wildman–Crippen MR) is 59.8 cm³/mol. The van der Waals surface area contributed by atoms with Gasteiger partial charge in [0, 0.05) is 11.9 Å². The van der Waals surface area contributed by atoms with Gasteiger partial charge < -0.3 is 9.52 Å². The summed E-state index contributed by atoms with van der Waals surface area (Å²) >= 11 is 1.20. The van der Waals surface area contributed by atoms with Crippen molar-refractivity contribution >= 4 is 28.8 Å². The maximum atomic E-state index is 11.2. The number of carbonyl (C=O) groups is 1. The van der Waals surface area contributed by atoms with Crippen molar-refractivity contribution in [1.82, 2.24) is 4.57 Å². The minimum absolute atomic E-state index is 0.00267. The quantitative estimate of drug-likeness (QED) is 0.817. The van der Waals surface area contributed by atoms with Crippen molar-refractivity contribution in [1.29, 1.82) is 0 Å². The third-order valence-electron chi connectivity index (χ3n) is 2.13. The fourth-order valence-corrected chi connectivity index (χ4v) is 1.99. The minimum atomic E-state index is -0.869. The highest BCUT2D eigenvalue weighted by Crippen LogP contribution is 2.22. The third kappa shape index (κ3) is 1.96. The Morgan fingerprint density at radius 3 is 3.00 bits per heavy atom. The van der Waals surface area contributed by atoms with Crippen LogP contribution in [0, 0.1) is 0 Å². The van der Waals surface area contributed by atoms with Crippen LogP contribution in [0.5, 0.6) is 0 Å². The van der Waals surface area contributed by atoms with E-state index in [1.807, 2.05) is 0 Å². The van der Waals surface area contributed by atoms with Crippen LogP contribution < -0.4 is 5.76 Å². The van der Waals surface area contributed by atoms with Gasteiger partial charge in [-0.25, -0.2) is 4.79 Å². The van der Waals surface area contributed by atoms with Crippen LogP contribution in [0.4, 0.5) is 0 Å². The van der Waals surface area contributed by atoms with E-state index in [1.165, 1.54) is 16.3 Å². The summed E-state index contributed by atoms with van der Waals surface area (Å²) in [7, 11) is 1.61. The Morgan fingerprint density at radius 2 is 2.31 bits per heavy atom. The zero-order chi connectivity index (χ0) is 11.7. The average Bonchev–Trinajstić information content (AvgIpc) is 2.52. The molecule has 0 amide bonds. The first-order chi connectivity index (χ1) is 7.58. The molecule has 0 unspecified atom stereocenters. The van der Waals surface area contributed by atoms with Crippen LogP contribution in [-0.4, -0.2) is 21.4 Å². The molecule has 84 valence electrons. The van der Waals surface area contributed by atoms with Gasteiger partial charge in [-0.1, -0.05) is 0 Å². The van der Waals surface area contributed by atoms with Gasteiger partial charge in [0.05, 0.1) is 11.3 Å². The van der Waals surface area contributed by atoms with E-state index in [9.17, 15) is 9.59 Å². The molecule has 0 aliphatic carbocycles. The lowest BCUT2D eigenvalue weighted by molar-refractivity contribution is -0.133. The normalized spacial score (nSPS) is 10.8. The van der Waals surface area contributed by atoms with Crippen LogP contribution in [0.15, 0.2) is 32.3 Å². The second kappa shape index (κ2) is 4.05. The number of carboxylic acids is 1. The Labute approximate surface area is 94.7 Å². The molecular weight excluding hydrogens is 230 g/mol. The SMILES string of the molecule is Cn1c(=O)oc2ccc(SCC(=O)O)cc21. The van der Waals surface area contributed by atoms with Crippen LogP contribution in [0.3, 0.4) is 0 Å². The number of aryl methyl sites for hydroxylation is 1. The van der Waals surface area contributed by atoms with Crippen LogP contribution >= 0.6 is 11.8 Å². The van der Waals surface area contributed by atoms with Gasteiger partial charge >= 0.3 is 11.7 Å². The molecule has 2 rings (SSSR count). The molecule has 0 saturated carbocycles. The highest BCUT2D eigenvalue weighted by molar-refractivity contribution is 8.00. The molecule has 1 aromatic heterocycles. The number of hydrogen-bond donors (Lipinski definition) is 1. The number of hydrogen-bond acceptors (Lipinski definition) is 4. The molecule has 0 radical (unpaired) electrons. The molecule has 2 aromatic rings. The van der Waals surface area contributed by atoms with Crippen LogP contribution in [0.1, 0.15) is 0 Å². The van der Waals surface area contributed by atoms with Crippen molar-refractivity contribution in [3.63, 3.8) is 0 Å². The Balaban J connectivity index is 2.39. The molecule has 0 fully saturated rings. The molecular formula is C10H9NO4S. The summed E-state index contributed by atoms with van der Waals surface area (Å²) < 4.78 is 6.35. The second-order valence-corrected chi connectivity index (χ2v) is 4.29. The van der Waals surface area contributed by atoms with Gasteiger partial charge in [-0.05, 0) is 18.2 Å². The first kappa shape index (κ1) is 10.8. The Morgan fingerprint density at radius 1 is 1.56 bits per heavy atom. The lowest BCUT2D eigenvalue weighted by Gasteiger charge is -1.98. The standard InChI is InChI=1S/C10H9NO4S/c1-11-7-4-6(16-5-9(12)13)2-3-8(7)15-10(11)14/h2-4H,5H2,1H3,(H,12,13). The molecule has 0 spiro atoms. The summed E-state index contributed by atoms with van der Waals surface area (Å²) in [5.41, 5.74) is 1.17. The smallest absolute Gasteiger partial charge is 0.419 e. The number of carboxylic acid groups (broad SMARTS) is 1. The van der Waals surface area contributed by atoms with Gasteiger partial charge in [-0.3, -0.25) is 9.36 Å². The van der Waals surface area contributed by atoms with E-state index in [4.69, 9.17) is 9.52 Å². The average molecular weight is 239 g/mol. The molecule has 1 heterocycles. The summed E-state index contributed by atoms with van der Waals surface area (Å²) in [5.74, 6) is -1.29. The molecule has 0 aliphatic rings. The van der Waals surface area contributed by atoms with Gasteiger partial charge in [-0.15, -0.1) is 11.8 Å². The van der Waals surface area contributed by atoms with Gasteiger partial charge in [0.2, 0.25) is 0 Å². The monoisotopic (exact) mass is 239 g/mol. The van der Waals surface area contributed by atoms with Crippen molar-refractivity contribution in [2.24, 2.45) is 7.05 Å². The number of oxazole rings is 1. The van der Waals surface area contributed by atoms with Crippen molar-refractivity contribution in [3.05, 3.63) is 28.7 Å². The van der Waals surface area contributed by atoms with E-state index >= 15 is 0 Å². The van der Waals surface area contributed by atoms with E-state index in [1.54, 1.807) is 25.2 Å². The maximum absolute atomic E-state index is 11.2. The van der Waals surface area contributed by atoms with E-state index in [-0.39, 0.29) is 5.75 Å². The topological polar surface area (TPSA) is 72.4 Å². The fraction of sp³-hybridized carbons (Fsp3) is 0.200. The van der Waals surface area contributed by atoms with Gasteiger partial charge in [0.1, 0.15) is 0 Å². The lowest BCUT2D eigenvalue weighted by Crippen LogP contribution is -2.08. The Hall–Kier alpha value is -1.69. The van der Waals surface area contributed by atoms with Crippen molar-refractivity contribution < 1.29 is 14.3 Å². The molecule has 0 atom stereocenters. The number of thioether (sulfide) groups is 1. The molecule has 1 aromatic carbocycles. The number of nitrogens with zero attached hydrogens (tertiary/aromatic N) is 1. The molecule has 6 heteroatoms. The van der Waals surface area contributed by atoms with Crippen molar-refractivity contribution in [2.45, 2.75) is 4.90 Å². The molecule has 0 bridgehead atoms. The van der Waals surface area contributed by atoms with E-state index < -0.39 is 11.7 Å². The fourth-order valence-electron chi connectivity index (χ4n) is 1.34. The summed E-state index contributed by atoms with van der Waals surface area (Å²) in [6.45, 7) is 0. The summed E-state index contributed by atoms with van der Waals surface area (Å²) in [5, 5.41) is 8.55. The van der Waals surface area contributed by atoms with E-state index in [0.717, 1.165) is 4.90 Å². The molecule has 16 heavy (non-hydrogen) atoms. The van der Waals surface area contributed by atoms with Gasteiger partial charge in [0.25, 0.3) is 0 Å². The van der Waals surface area contributed by atoms with Crippen molar-refractivity contribution in [3.8, 4) is 0 Å². The first-order valence-electron chi connectivity index (χ1n) is 4.52. The van der Waals surface area contributed by atoms with E-state index in [2.05, 4.69) is 0 Å². The number of benzene rings is 1. The number of aliphatic carboxylic acids is 1. The van der Waals surface area contributed by atoms with Gasteiger partial charge in [-0.2, -0.15) is 0 Å². The largest absolute Gasteiger partial charge is 0.481 e. The number of aromatic nitrogens is 1. The van der Waals surface area contributed by atoms with Gasteiger partial charge in [0.15, 0.2) is 5.58 Å². The molecule has 0 saturated heterocycles. The van der Waals surface area contributed by atoms with Crippen LogP contribution in [-0.2, 0) is 11.8 Å². The number of rotatable bonds is 3. The molecule has 1 N–H and O–H groups in total.